The number of nitrogens with one attached hydrogen (secondary N) is 2. The Labute approximate surface area is 192 Å². The van der Waals surface area contributed by atoms with Crippen LogP contribution < -0.4 is 20.7 Å². The van der Waals surface area contributed by atoms with Crippen LogP contribution in [0.4, 0.5) is 11.6 Å². The second-order valence-corrected chi connectivity index (χ2v) is 8.17. The number of amidine groups is 1. The number of pyridine rings is 1. The summed E-state index contributed by atoms with van der Waals surface area (Å²) in [6.07, 6.45) is 3.39. The molecule has 0 radical (unpaired) electrons. The molecule has 0 spiro atoms. The molecule has 3 aromatic rings. The lowest BCUT2D eigenvalue weighted by Crippen LogP contribution is -2.53. The minimum Gasteiger partial charge on any atom is -0.368 e. The molecule has 1 atom stereocenters. The first-order valence-corrected chi connectivity index (χ1v) is 10.8. The van der Waals surface area contributed by atoms with E-state index in [1.54, 1.807) is 30.1 Å². The topological polar surface area (TPSA) is 107 Å². The number of hydrogen-bond acceptors (Lipinski definition) is 7. The van der Waals surface area contributed by atoms with Crippen LogP contribution in [0.25, 0.3) is 11.3 Å². The van der Waals surface area contributed by atoms with E-state index in [1.165, 1.54) is 6.92 Å². The molecule has 1 aliphatic heterocycles. The van der Waals surface area contributed by atoms with Crippen LogP contribution in [0.15, 0.2) is 59.7 Å². The quantitative estimate of drug-likeness (QED) is 0.470. The summed E-state index contributed by atoms with van der Waals surface area (Å²) in [4.78, 5) is 37.1. The SMILES string of the molecule is CC(=O)NC(=N)c1ccc(N2CCN(c3nc(-c4ccncc4)cc(=O)n3C)[C@H](C)C2)cc1. The molecule has 1 aromatic carbocycles. The summed E-state index contributed by atoms with van der Waals surface area (Å²) in [5, 5.41) is 10.5. The molecule has 1 aliphatic rings. The van der Waals surface area contributed by atoms with Gasteiger partial charge in [0.1, 0.15) is 5.84 Å². The van der Waals surface area contributed by atoms with Crippen LogP contribution in [-0.2, 0) is 11.8 Å². The van der Waals surface area contributed by atoms with Gasteiger partial charge in [-0.05, 0) is 43.3 Å². The molecule has 1 saturated heterocycles. The van der Waals surface area contributed by atoms with Crippen LogP contribution in [0, 0.1) is 5.41 Å². The number of carbonyl (C=O) groups excluding carboxylic acids is 1. The summed E-state index contributed by atoms with van der Waals surface area (Å²) in [5.41, 5.74) is 3.11. The highest BCUT2D eigenvalue weighted by atomic mass is 16.1. The van der Waals surface area contributed by atoms with E-state index in [4.69, 9.17) is 10.4 Å². The number of hydrogen-bond donors (Lipinski definition) is 2. The highest BCUT2D eigenvalue weighted by Gasteiger charge is 2.27. The second kappa shape index (κ2) is 9.23. The van der Waals surface area contributed by atoms with Crippen LogP contribution >= 0.6 is 0 Å². The van der Waals surface area contributed by atoms with Gasteiger partial charge in [-0.3, -0.25) is 24.5 Å². The molecule has 0 bridgehead atoms. The predicted octanol–water partition coefficient (Wildman–Crippen LogP) is 2.02. The van der Waals surface area contributed by atoms with Gasteiger partial charge in [0.05, 0.1) is 5.69 Å². The van der Waals surface area contributed by atoms with Crippen molar-refractivity contribution in [3.05, 3.63) is 70.8 Å². The van der Waals surface area contributed by atoms with Crippen molar-refractivity contribution in [3.8, 4) is 11.3 Å². The molecular formula is C24H27N7O2. The normalized spacial score (nSPS) is 15.9. The van der Waals surface area contributed by atoms with Gasteiger partial charge >= 0.3 is 0 Å². The summed E-state index contributed by atoms with van der Waals surface area (Å²) in [7, 11) is 1.75. The van der Waals surface area contributed by atoms with E-state index in [2.05, 4.69) is 27.0 Å². The third-order valence-corrected chi connectivity index (χ3v) is 5.79. The van der Waals surface area contributed by atoms with Crippen molar-refractivity contribution >= 4 is 23.4 Å². The van der Waals surface area contributed by atoms with Crippen molar-refractivity contribution in [1.29, 1.82) is 5.41 Å². The smallest absolute Gasteiger partial charge is 0.255 e. The van der Waals surface area contributed by atoms with Crippen molar-refractivity contribution in [1.82, 2.24) is 19.9 Å². The van der Waals surface area contributed by atoms with Gasteiger partial charge in [0.15, 0.2) is 0 Å². The molecule has 33 heavy (non-hydrogen) atoms. The number of nitrogens with zero attached hydrogens (tertiary/aromatic N) is 5. The molecule has 0 saturated carbocycles. The van der Waals surface area contributed by atoms with Gasteiger partial charge < -0.3 is 15.1 Å². The lowest BCUT2D eigenvalue weighted by molar-refractivity contribution is -0.117. The van der Waals surface area contributed by atoms with Gasteiger partial charge in [-0.15, -0.1) is 0 Å². The first-order valence-electron chi connectivity index (χ1n) is 10.8. The average molecular weight is 446 g/mol. The Balaban J connectivity index is 1.52. The van der Waals surface area contributed by atoms with Gasteiger partial charge in [-0.1, -0.05) is 0 Å². The molecule has 4 rings (SSSR count). The number of rotatable bonds is 4. The fourth-order valence-electron chi connectivity index (χ4n) is 4.03. The van der Waals surface area contributed by atoms with Crippen LogP contribution in [0.5, 0.6) is 0 Å². The summed E-state index contributed by atoms with van der Waals surface area (Å²) in [6.45, 7) is 5.75. The number of carbonyl (C=O) groups is 1. The molecule has 3 heterocycles. The molecule has 0 aliphatic carbocycles. The number of piperazine rings is 1. The maximum atomic E-state index is 12.6. The standard InChI is InChI=1S/C24H27N7O2/c1-16-15-30(20-6-4-19(5-7-20)23(25)27-17(2)32)12-13-31(16)24-28-21(14-22(33)29(24)3)18-8-10-26-11-9-18/h4-11,14,16H,12-13,15H2,1-3H3,(H2,25,27,32)/t16-/m1/s1. The molecule has 1 fully saturated rings. The summed E-state index contributed by atoms with van der Waals surface area (Å²) >= 11 is 0. The van der Waals surface area contributed by atoms with E-state index in [9.17, 15) is 9.59 Å². The third-order valence-electron chi connectivity index (χ3n) is 5.79. The van der Waals surface area contributed by atoms with Gasteiger partial charge in [-0.2, -0.15) is 0 Å². The monoisotopic (exact) mass is 445 g/mol. The van der Waals surface area contributed by atoms with E-state index < -0.39 is 0 Å². The van der Waals surface area contributed by atoms with Gasteiger partial charge in [0, 0.05) is 74.9 Å². The maximum Gasteiger partial charge on any atom is 0.255 e. The zero-order valence-electron chi connectivity index (χ0n) is 18.9. The number of benzene rings is 1. The number of aromatic nitrogens is 3. The van der Waals surface area contributed by atoms with Crippen molar-refractivity contribution in [3.63, 3.8) is 0 Å². The zero-order valence-corrected chi connectivity index (χ0v) is 18.9. The van der Waals surface area contributed by atoms with Gasteiger partial charge in [0.25, 0.3) is 5.56 Å². The molecule has 2 aromatic heterocycles. The second-order valence-electron chi connectivity index (χ2n) is 8.17. The lowest BCUT2D eigenvalue weighted by atomic mass is 10.1. The molecule has 9 nitrogen and oxygen atoms in total. The first kappa shape index (κ1) is 22.2. The van der Waals surface area contributed by atoms with Crippen LogP contribution in [-0.4, -0.2) is 52.0 Å². The van der Waals surface area contributed by atoms with E-state index in [-0.39, 0.29) is 23.3 Å². The third kappa shape index (κ3) is 4.77. The number of anilines is 2. The Morgan fingerprint density at radius 2 is 1.82 bits per heavy atom. The molecule has 9 heteroatoms. The van der Waals surface area contributed by atoms with Crippen molar-refractivity contribution in [2.24, 2.45) is 7.05 Å². The summed E-state index contributed by atoms with van der Waals surface area (Å²) in [6, 6.07) is 13.0. The van der Waals surface area contributed by atoms with E-state index in [0.717, 1.165) is 24.3 Å². The average Bonchev–Trinajstić information content (AvgIpc) is 2.81. The summed E-state index contributed by atoms with van der Waals surface area (Å²) in [5.74, 6) is 0.485. The highest BCUT2D eigenvalue weighted by Crippen LogP contribution is 2.24. The fourth-order valence-corrected chi connectivity index (χ4v) is 4.03. The minimum atomic E-state index is -0.259. The first-order chi connectivity index (χ1) is 15.8. The number of amides is 1. The lowest BCUT2D eigenvalue weighted by Gasteiger charge is -2.42. The Morgan fingerprint density at radius 1 is 1.12 bits per heavy atom. The molecule has 170 valence electrons. The Hall–Kier alpha value is -4.01. The zero-order chi connectivity index (χ0) is 23.5. The predicted molar refractivity (Wildman–Crippen MR) is 129 cm³/mol. The minimum absolute atomic E-state index is 0.0910. The largest absolute Gasteiger partial charge is 0.368 e. The van der Waals surface area contributed by atoms with E-state index in [1.807, 2.05) is 36.4 Å². The van der Waals surface area contributed by atoms with Gasteiger partial charge in [0.2, 0.25) is 11.9 Å². The molecule has 2 N–H and O–H groups in total. The molecule has 1 amide bonds. The van der Waals surface area contributed by atoms with Crippen molar-refractivity contribution in [2.75, 3.05) is 29.4 Å². The van der Waals surface area contributed by atoms with Crippen LogP contribution in [0.3, 0.4) is 0 Å². The van der Waals surface area contributed by atoms with Crippen LogP contribution in [0.2, 0.25) is 0 Å². The molecule has 0 unspecified atom stereocenters. The van der Waals surface area contributed by atoms with E-state index >= 15 is 0 Å². The van der Waals surface area contributed by atoms with Gasteiger partial charge in [-0.25, -0.2) is 4.98 Å². The Bertz CT molecular complexity index is 1220. The van der Waals surface area contributed by atoms with Crippen molar-refractivity contribution < 1.29 is 4.79 Å². The van der Waals surface area contributed by atoms with E-state index in [0.29, 0.717) is 23.8 Å². The summed E-state index contributed by atoms with van der Waals surface area (Å²) < 4.78 is 1.60. The fraction of sp³-hybridized carbons (Fsp3) is 0.292. The highest BCUT2D eigenvalue weighted by molar-refractivity contribution is 6.05. The van der Waals surface area contributed by atoms with Crippen LogP contribution in [0.1, 0.15) is 19.4 Å². The Kier molecular flexibility index (Phi) is 6.21. The molecular weight excluding hydrogens is 418 g/mol. The Morgan fingerprint density at radius 3 is 2.45 bits per heavy atom. The maximum absolute atomic E-state index is 12.6. The van der Waals surface area contributed by atoms with Crippen molar-refractivity contribution in [2.45, 2.75) is 19.9 Å².